The minimum Gasteiger partial charge on any atom is -0.492 e. The second-order valence-electron chi connectivity index (χ2n) is 5.19. The molecule has 0 saturated heterocycles. The van der Waals surface area contributed by atoms with Crippen LogP contribution in [0.4, 0.5) is 0 Å². The van der Waals surface area contributed by atoms with Gasteiger partial charge in [0.05, 0.1) is 6.54 Å². The third-order valence-electron chi connectivity index (χ3n) is 3.39. The highest BCUT2D eigenvalue weighted by molar-refractivity contribution is 9.10. The standard InChI is InChI=1S/C18H21BrN2OS/c1-21(13-14-22-17-9-7-16(19)8-10-17)18(23)20-12-11-15-5-3-2-4-6-15/h2-10H,11-14H2,1H3,(H,20,23). The lowest BCUT2D eigenvalue weighted by Crippen LogP contribution is -2.39. The van der Waals surface area contributed by atoms with E-state index < -0.39 is 0 Å². The van der Waals surface area contributed by atoms with Gasteiger partial charge in [-0.1, -0.05) is 46.3 Å². The molecule has 3 nitrogen and oxygen atoms in total. The Morgan fingerprint density at radius 2 is 1.83 bits per heavy atom. The highest BCUT2D eigenvalue weighted by Crippen LogP contribution is 2.15. The molecule has 0 aliphatic heterocycles. The van der Waals surface area contributed by atoms with E-state index in [9.17, 15) is 0 Å². The van der Waals surface area contributed by atoms with Crippen LogP contribution >= 0.6 is 28.1 Å². The van der Waals surface area contributed by atoms with Crippen LogP contribution in [-0.2, 0) is 6.42 Å². The molecule has 0 aromatic heterocycles. The van der Waals surface area contributed by atoms with Gasteiger partial charge in [-0.2, -0.15) is 0 Å². The number of thiocarbonyl (C=S) groups is 1. The molecule has 0 atom stereocenters. The van der Waals surface area contributed by atoms with Crippen molar-refractivity contribution in [2.45, 2.75) is 6.42 Å². The van der Waals surface area contributed by atoms with Gasteiger partial charge in [-0.05, 0) is 48.5 Å². The van der Waals surface area contributed by atoms with Gasteiger partial charge in [-0.15, -0.1) is 0 Å². The van der Waals surface area contributed by atoms with Crippen molar-refractivity contribution in [3.63, 3.8) is 0 Å². The van der Waals surface area contributed by atoms with Crippen LogP contribution < -0.4 is 10.1 Å². The van der Waals surface area contributed by atoms with Crippen LogP contribution in [0.3, 0.4) is 0 Å². The van der Waals surface area contributed by atoms with Crippen LogP contribution in [0.25, 0.3) is 0 Å². The summed E-state index contributed by atoms with van der Waals surface area (Å²) in [6, 6.07) is 18.2. The van der Waals surface area contributed by atoms with Crippen molar-refractivity contribution in [2.24, 2.45) is 0 Å². The SMILES string of the molecule is CN(CCOc1ccc(Br)cc1)C(=S)NCCc1ccccc1. The fourth-order valence-electron chi connectivity index (χ4n) is 2.03. The van der Waals surface area contributed by atoms with Crippen molar-refractivity contribution in [1.82, 2.24) is 10.2 Å². The molecule has 2 aromatic carbocycles. The lowest BCUT2D eigenvalue weighted by molar-refractivity contribution is 0.283. The average Bonchev–Trinajstić information content (AvgIpc) is 2.57. The van der Waals surface area contributed by atoms with E-state index in [1.807, 2.05) is 42.3 Å². The molecule has 2 rings (SSSR count). The Morgan fingerprint density at radius 3 is 2.52 bits per heavy atom. The van der Waals surface area contributed by atoms with Gasteiger partial charge >= 0.3 is 0 Å². The zero-order valence-electron chi connectivity index (χ0n) is 13.2. The van der Waals surface area contributed by atoms with Crippen molar-refractivity contribution < 1.29 is 4.74 Å². The molecule has 1 N–H and O–H groups in total. The molecule has 2 aromatic rings. The van der Waals surface area contributed by atoms with Gasteiger partial charge in [0.1, 0.15) is 12.4 Å². The molecule has 0 saturated carbocycles. The number of rotatable bonds is 7. The Morgan fingerprint density at radius 1 is 1.13 bits per heavy atom. The maximum Gasteiger partial charge on any atom is 0.168 e. The molecular formula is C18H21BrN2OS. The maximum absolute atomic E-state index is 5.71. The molecule has 0 spiro atoms. The van der Waals surface area contributed by atoms with Crippen molar-refractivity contribution >= 4 is 33.3 Å². The van der Waals surface area contributed by atoms with E-state index in [1.54, 1.807) is 0 Å². The molecule has 0 unspecified atom stereocenters. The first-order valence-electron chi connectivity index (χ1n) is 7.56. The molecular weight excluding hydrogens is 372 g/mol. The topological polar surface area (TPSA) is 24.5 Å². The molecule has 0 amide bonds. The highest BCUT2D eigenvalue weighted by atomic mass is 79.9. The number of hydrogen-bond donors (Lipinski definition) is 1. The molecule has 0 aliphatic carbocycles. The van der Waals surface area contributed by atoms with E-state index in [0.717, 1.165) is 34.8 Å². The quantitative estimate of drug-likeness (QED) is 0.722. The number of nitrogens with one attached hydrogen (secondary N) is 1. The number of ether oxygens (including phenoxy) is 1. The predicted molar refractivity (Wildman–Crippen MR) is 103 cm³/mol. The van der Waals surface area contributed by atoms with E-state index in [2.05, 4.69) is 45.5 Å². The summed E-state index contributed by atoms with van der Waals surface area (Å²) in [4.78, 5) is 2.00. The van der Waals surface area contributed by atoms with E-state index >= 15 is 0 Å². The van der Waals surface area contributed by atoms with E-state index in [4.69, 9.17) is 17.0 Å². The first kappa shape index (κ1) is 17.8. The Kier molecular flexibility index (Phi) is 7.36. The van der Waals surface area contributed by atoms with Gasteiger partial charge in [0.25, 0.3) is 0 Å². The number of nitrogens with zero attached hydrogens (tertiary/aromatic N) is 1. The normalized spacial score (nSPS) is 10.2. The van der Waals surface area contributed by atoms with Crippen molar-refractivity contribution in [3.8, 4) is 5.75 Å². The maximum atomic E-state index is 5.71. The Balaban J connectivity index is 1.63. The van der Waals surface area contributed by atoms with Gasteiger partial charge in [0, 0.05) is 18.1 Å². The Labute approximate surface area is 151 Å². The van der Waals surface area contributed by atoms with Crippen LogP contribution in [0.5, 0.6) is 5.75 Å². The van der Waals surface area contributed by atoms with Gasteiger partial charge in [0.2, 0.25) is 0 Å². The number of hydrogen-bond acceptors (Lipinski definition) is 2. The largest absolute Gasteiger partial charge is 0.492 e. The van der Waals surface area contributed by atoms with Crippen molar-refractivity contribution in [2.75, 3.05) is 26.7 Å². The summed E-state index contributed by atoms with van der Waals surface area (Å²) in [5.41, 5.74) is 1.31. The third-order valence-corrected chi connectivity index (χ3v) is 4.37. The second-order valence-corrected chi connectivity index (χ2v) is 6.49. The minimum absolute atomic E-state index is 0.596. The Hall–Kier alpha value is -1.59. The first-order valence-corrected chi connectivity index (χ1v) is 8.76. The minimum atomic E-state index is 0.596. The fraction of sp³-hybridized carbons (Fsp3) is 0.278. The van der Waals surface area contributed by atoms with E-state index in [-0.39, 0.29) is 0 Å². The van der Waals surface area contributed by atoms with Gasteiger partial charge in [0.15, 0.2) is 5.11 Å². The van der Waals surface area contributed by atoms with Gasteiger partial charge in [-0.3, -0.25) is 0 Å². The number of benzene rings is 2. The van der Waals surface area contributed by atoms with Crippen molar-refractivity contribution in [1.29, 1.82) is 0 Å². The van der Waals surface area contributed by atoms with E-state index in [0.29, 0.717) is 6.61 Å². The summed E-state index contributed by atoms with van der Waals surface area (Å²) >= 11 is 8.80. The third kappa shape index (κ3) is 6.59. The van der Waals surface area contributed by atoms with Crippen LogP contribution in [-0.4, -0.2) is 36.8 Å². The lowest BCUT2D eigenvalue weighted by Gasteiger charge is -2.21. The monoisotopic (exact) mass is 392 g/mol. The molecule has 0 heterocycles. The van der Waals surface area contributed by atoms with Crippen LogP contribution in [0.2, 0.25) is 0 Å². The molecule has 0 fully saturated rings. The molecule has 0 bridgehead atoms. The molecule has 23 heavy (non-hydrogen) atoms. The van der Waals surface area contributed by atoms with Gasteiger partial charge in [-0.25, -0.2) is 0 Å². The number of likely N-dealkylation sites (N-methyl/N-ethyl adjacent to an activating group) is 1. The van der Waals surface area contributed by atoms with Crippen LogP contribution in [0, 0.1) is 0 Å². The zero-order valence-corrected chi connectivity index (χ0v) is 15.6. The van der Waals surface area contributed by atoms with Crippen LogP contribution in [0.1, 0.15) is 5.56 Å². The average molecular weight is 393 g/mol. The first-order chi connectivity index (χ1) is 11.1. The summed E-state index contributed by atoms with van der Waals surface area (Å²) in [5, 5.41) is 4.03. The van der Waals surface area contributed by atoms with E-state index in [1.165, 1.54) is 5.56 Å². The molecule has 0 aliphatic rings. The Bertz CT molecular complexity index is 604. The molecule has 0 radical (unpaired) electrons. The zero-order chi connectivity index (χ0) is 16.5. The molecule has 122 valence electrons. The predicted octanol–water partition coefficient (Wildman–Crippen LogP) is 3.88. The number of halogens is 1. The highest BCUT2D eigenvalue weighted by Gasteiger charge is 2.04. The summed E-state index contributed by atoms with van der Waals surface area (Å²) in [6.45, 7) is 2.17. The smallest absolute Gasteiger partial charge is 0.168 e. The summed E-state index contributed by atoms with van der Waals surface area (Å²) < 4.78 is 6.75. The summed E-state index contributed by atoms with van der Waals surface area (Å²) in [6.07, 6.45) is 0.963. The van der Waals surface area contributed by atoms with Gasteiger partial charge < -0.3 is 15.0 Å². The summed E-state index contributed by atoms with van der Waals surface area (Å²) in [5.74, 6) is 0.865. The lowest BCUT2D eigenvalue weighted by atomic mass is 10.1. The second kappa shape index (κ2) is 9.53. The fourth-order valence-corrected chi connectivity index (χ4v) is 2.48. The van der Waals surface area contributed by atoms with Crippen LogP contribution in [0.15, 0.2) is 59.1 Å². The summed E-state index contributed by atoms with van der Waals surface area (Å²) in [7, 11) is 1.97. The molecule has 5 heteroatoms. The van der Waals surface area contributed by atoms with Crippen molar-refractivity contribution in [3.05, 3.63) is 64.6 Å².